The van der Waals surface area contributed by atoms with Gasteiger partial charge >= 0.3 is 0 Å². The molecule has 3 aromatic rings. The zero-order valence-electron chi connectivity index (χ0n) is 20.8. The molecule has 0 N–H and O–H groups in total. The number of amides is 2. The molecule has 1 unspecified atom stereocenters. The van der Waals surface area contributed by atoms with Crippen LogP contribution in [0, 0.1) is 0 Å². The number of carbonyl (C=O) groups excluding carboxylic acids is 2. The van der Waals surface area contributed by atoms with Gasteiger partial charge in [-0.2, -0.15) is 0 Å². The van der Waals surface area contributed by atoms with Crippen molar-refractivity contribution < 1.29 is 19.1 Å². The maximum atomic E-state index is 13.7. The van der Waals surface area contributed by atoms with Crippen LogP contribution >= 0.6 is 11.3 Å². The Morgan fingerprint density at radius 1 is 1.08 bits per heavy atom. The van der Waals surface area contributed by atoms with Crippen LogP contribution in [0.1, 0.15) is 34.0 Å². The number of thiophene rings is 1. The Balaban J connectivity index is 1.55. The summed E-state index contributed by atoms with van der Waals surface area (Å²) in [6, 6.07) is 19.5. The van der Waals surface area contributed by atoms with Gasteiger partial charge in [-0.25, -0.2) is 0 Å². The van der Waals surface area contributed by atoms with Gasteiger partial charge in [0, 0.05) is 37.8 Å². The quantitative estimate of drug-likeness (QED) is 0.294. The van der Waals surface area contributed by atoms with Gasteiger partial charge < -0.3 is 19.3 Å². The minimum Gasteiger partial charge on any atom is -0.497 e. The summed E-state index contributed by atoms with van der Waals surface area (Å²) < 4.78 is 10.5. The molecule has 0 fully saturated rings. The Labute approximate surface area is 216 Å². The fraction of sp³-hybridized carbons (Fsp3) is 0.310. The van der Waals surface area contributed by atoms with E-state index in [9.17, 15) is 9.59 Å². The molecule has 7 heteroatoms. The third-order valence-electron chi connectivity index (χ3n) is 6.35. The molecule has 4 rings (SSSR count). The van der Waals surface area contributed by atoms with E-state index in [4.69, 9.17) is 9.47 Å². The lowest BCUT2D eigenvalue weighted by atomic mass is 9.93. The molecule has 36 heavy (non-hydrogen) atoms. The van der Waals surface area contributed by atoms with Gasteiger partial charge in [-0.3, -0.25) is 9.59 Å². The maximum Gasteiger partial charge on any atom is 0.247 e. The summed E-state index contributed by atoms with van der Waals surface area (Å²) in [5.41, 5.74) is 3.13. The summed E-state index contributed by atoms with van der Waals surface area (Å²) in [7, 11) is 3.28. The molecule has 0 bridgehead atoms. The molecular formula is C29H32N2O4S. The van der Waals surface area contributed by atoms with Crippen molar-refractivity contribution in [3.05, 3.63) is 93.7 Å². The number of hydrogen-bond acceptors (Lipinski definition) is 5. The molecule has 0 spiro atoms. The molecule has 1 aliphatic heterocycles. The lowest BCUT2D eigenvalue weighted by Crippen LogP contribution is -2.46. The number of rotatable bonds is 10. The Morgan fingerprint density at radius 2 is 1.86 bits per heavy atom. The molecule has 2 aromatic carbocycles. The first kappa shape index (κ1) is 25.7. The van der Waals surface area contributed by atoms with Crippen LogP contribution < -0.4 is 4.74 Å². The van der Waals surface area contributed by atoms with Crippen LogP contribution in [0.5, 0.6) is 5.75 Å². The van der Waals surface area contributed by atoms with Crippen LogP contribution in [-0.4, -0.2) is 62.1 Å². The largest absolute Gasteiger partial charge is 0.497 e. The number of fused-ring (bicyclic) bond motifs is 1. The van der Waals surface area contributed by atoms with E-state index >= 15 is 0 Å². The molecule has 0 radical (unpaired) electrons. The molecule has 1 atom stereocenters. The standard InChI is InChI=1S/C29H32N2O4S/c1-34-19-6-17-30(27(32)14-9-22-7-4-3-5-8-22)21-28(33)31-18-15-26-25(16-20-36-26)29(31)23-10-12-24(35-2)13-11-23/h3-5,7-14,16,20,29H,6,15,17-19,21H2,1-2H3/b14-9+. The Morgan fingerprint density at radius 3 is 2.58 bits per heavy atom. The number of ether oxygens (including phenoxy) is 2. The van der Waals surface area contributed by atoms with Crippen molar-refractivity contribution in [2.45, 2.75) is 18.9 Å². The first-order valence-corrected chi connectivity index (χ1v) is 13.0. The third kappa shape index (κ3) is 6.22. The van der Waals surface area contributed by atoms with Crippen molar-refractivity contribution >= 4 is 29.2 Å². The summed E-state index contributed by atoms with van der Waals surface area (Å²) in [5, 5.41) is 2.09. The van der Waals surface area contributed by atoms with Crippen molar-refractivity contribution in [1.82, 2.24) is 9.80 Å². The molecule has 1 aromatic heterocycles. The Bertz CT molecular complexity index is 1170. The molecule has 6 nitrogen and oxygen atoms in total. The van der Waals surface area contributed by atoms with Gasteiger partial charge in [-0.05, 0) is 59.2 Å². The maximum absolute atomic E-state index is 13.7. The highest BCUT2D eigenvalue weighted by molar-refractivity contribution is 7.10. The number of carbonyl (C=O) groups is 2. The van der Waals surface area contributed by atoms with Crippen LogP contribution in [0.2, 0.25) is 0 Å². The summed E-state index contributed by atoms with van der Waals surface area (Å²) in [4.78, 5) is 31.7. The summed E-state index contributed by atoms with van der Waals surface area (Å²) in [5.74, 6) is 0.530. The van der Waals surface area contributed by atoms with E-state index in [1.807, 2.05) is 59.5 Å². The molecule has 0 saturated heterocycles. The minimum absolute atomic E-state index is 0.0216. The van der Waals surface area contributed by atoms with Gasteiger partial charge in [0.2, 0.25) is 11.8 Å². The number of methoxy groups -OCH3 is 2. The average Bonchev–Trinajstić information content (AvgIpc) is 3.40. The van der Waals surface area contributed by atoms with Crippen molar-refractivity contribution in [2.24, 2.45) is 0 Å². The van der Waals surface area contributed by atoms with Gasteiger partial charge in [-0.1, -0.05) is 42.5 Å². The van der Waals surface area contributed by atoms with Crippen LogP contribution in [0.25, 0.3) is 6.08 Å². The molecular weight excluding hydrogens is 472 g/mol. The predicted octanol–water partition coefficient (Wildman–Crippen LogP) is 4.81. The second-order valence-corrected chi connectivity index (χ2v) is 9.66. The SMILES string of the molecule is COCCCN(CC(=O)N1CCc2sccc2C1c1ccc(OC)cc1)C(=O)/C=C/c1ccccc1. The highest BCUT2D eigenvalue weighted by Gasteiger charge is 2.33. The van der Waals surface area contributed by atoms with Crippen LogP contribution in [0.3, 0.4) is 0 Å². The molecule has 2 heterocycles. The highest BCUT2D eigenvalue weighted by Crippen LogP contribution is 2.38. The summed E-state index contributed by atoms with van der Waals surface area (Å²) in [6.45, 7) is 1.61. The van der Waals surface area contributed by atoms with E-state index in [1.165, 1.54) is 4.88 Å². The van der Waals surface area contributed by atoms with Crippen molar-refractivity contribution in [3.8, 4) is 5.75 Å². The molecule has 188 valence electrons. The number of benzene rings is 2. The van der Waals surface area contributed by atoms with Gasteiger partial charge in [0.25, 0.3) is 0 Å². The van der Waals surface area contributed by atoms with Crippen molar-refractivity contribution in [1.29, 1.82) is 0 Å². The molecule has 1 aliphatic rings. The van der Waals surface area contributed by atoms with Gasteiger partial charge in [-0.15, -0.1) is 11.3 Å². The highest BCUT2D eigenvalue weighted by atomic mass is 32.1. The lowest BCUT2D eigenvalue weighted by molar-refractivity contribution is -0.139. The Hall–Kier alpha value is -3.42. The Kier molecular flexibility index (Phi) is 8.92. The van der Waals surface area contributed by atoms with E-state index in [0.29, 0.717) is 26.1 Å². The summed E-state index contributed by atoms with van der Waals surface area (Å²) in [6.07, 6.45) is 4.81. The molecule has 0 aliphatic carbocycles. The zero-order chi connectivity index (χ0) is 25.3. The third-order valence-corrected chi connectivity index (χ3v) is 7.35. The van der Waals surface area contributed by atoms with Crippen LogP contribution in [0.15, 0.2) is 72.1 Å². The number of hydrogen-bond donors (Lipinski definition) is 0. The van der Waals surface area contributed by atoms with Crippen LogP contribution in [0.4, 0.5) is 0 Å². The first-order valence-electron chi connectivity index (χ1n) is 12.1. The van der Waals surface area contributed by atoms with Crippen molar-refractivity contribution in [2.75, 3.05) is 40.5 Å². The van der Waals surface area contributed by atoms with Crippen LogP contribution in [-0.2, 0) is 20.7 Å². The fourth-order valence-electron chi connectivity index (χ4n) is 4.49. The normalized spacial score (nSPS) is 15.1. The second kappa shape index (κ2) is 12.5. The van der Waals surface area contributed by atoms with E-state index in [2.05, 4.69) is 11.4 Å². The second-order valence-electron chi connectivity index (χ2n) is 8.66. The topological polar surface area (TPSA) is 59.1 Å². The van der Waals surface area contributed by atoms with Gasteiger partial charge in [0.1, 0.15) is 12.3 Å². The van der Waals surface area contributed by atoms with Gasteiger partial charge in [0.15, 0.2) is 0 Å². The van der Waals surface area contributed by atoms with Gasteiger partial charge in [0.05, 0.1) is 13.2 Å². The monoisotopic (exact) mass is 504 g/mol. The van der Waals surface area contributed by atoms with E-state index in [-0.39, 0.29) is 24.4 Å². The molecule has 0 saturated carbocycles. The minimum atomic E-state index is -0.186. The number of nitrogens with zero attached hydrogens (tertiary/aromatic N) is 2. The first-order chi connectivity index (χ1) is 17.6. The van der Waals surface area contributed by atoms with Crippen molar-refractivity contribution in [3.63, 3.8) is 0 Å². The molecule has 2 amide bonds. The zero-order valence-corrected chi connectivity index (χ0v) is 21.6. The van der Waals surface area contributed by atoms with E-state index in [1.54, 1.807) is 42.6 Å². The fourth-order valence-corrected chi connectivity index (χ4v) is 5.39. The predicted molar refractivity (Wildman–Crippen MR) is 143 cm³/mol. The lowest BCUT2D eigenvalue weighted by Gasteiger charge is -2.37. The van der Waals surface area contributed by atoms with E-state index in [0.717, 1.165) is 28.9 Å². The van der Waals surface area contributed by atoms with E-state index < -0.39 is 0 Å². The summed E-state index contributed by atoms with van der Waals surface area (Å²) >= 11 is 1.73. The average molecular weight is 505 g/mol. The smallest absolute Gasteiger partial charge is 0.247 e.